The second-order valence-electron chi connectivity index (χ2n) is 5.32. The largest absolute Gasteiger partial charge is 0.469 e. The molecule has 2 rings (SSSR count). The molecule has 0 atom stereocenters. The zero-order chi connectivity index (χ0) is 16.7. The van der Waals surface area contributed by atoms with Gasteiger partial charge in [0.2, 0.25) is 0 Å². The minimum Gasteiger partial charge on any atom is -0.469 e. The topological polar surface area (TPSA) is 68.5 Å². The minimum atomic E-state index is -0.568. The van der Waals surface area contributed by atoms with E-state index in [1.54, 1.807) is 6.92 Å². The first-order valence-corrected chi connectivity index (χ1v) is 7.70. The predicted octanol–water partition coefficient (Wildman–Crippen LogP) is 3.73. The number of amides is 1. The average molecular weight is 315 g/mol. The molecule has 2 aromatic rings. The SMILES string of the molecule is CCCCc1ccc(NC(=O)COC(=O)c2ccoc2C)cc1. The summed E-state index contributed by atoms with van der Waals surface area (Å²) in [4.78, 5) is 23.6. The van der Waals surface area contributed by atoms with Gasteiger partial charge in [-0.05, 0) is 43.5 Å². The van der Waals surface area contributed by atoms with Crippen LogP contribution in [0.15, 0.2) is 41.0 Å². The highest BCUT2D eigenvalue weighted by Crippen LogP contribution is 2.12. The Bertz CT molecular complexity index is 658. The molecule has 0 aliphatic carbocycles. The van der Waals surface area contributed by atoms with E-state index in [9.17, 15) is 9.59 Å². The third-order valence-corrected chi connectivity index (χ3v) is 3.47. The van der Waals surface area contributed by atoms with Gasteiger partial charge in [0.25, 0.3) is 5.91 Å². The van der Waals surface area contributed by atoms with Crippen LogP contribution in [0.4, 0.5) is 5.69 Å². The first kappa shape index (κ1) is 16.8. The highest BCUT2D eigenvalue weighted by atomic mass is 16.5. The summed E-state index contributed by atoms with van der Waals surface area (Å²) in [5, 5.41) is 2.70. The summed E-state index contributed by atoms with van der Waals surface area (Å²) < 4.78 is 9.99. The third-order valence-electron chi connectivity index (χ3n) is 3.47. The van der Waals surface area contributed by atoms with E-state index in [2.05, 4.69) is 12.2 Å². The maximum absolute atomic E-state index is 11.8. The number of carbonyl (C=O) groups is 2. The van der Waals surface area contributed by atoms with E-state index in [1.807, 2.05) is 24.3 Å². The van der Waals surface area contributed by atoms with Crippen LogP contribution in [0.2, 0.25) is 0 Å². The number of esters is 1. The fourth-order valence-electron chi connectivity index (χ4n) is 2.14. The van der Waals surface area contributed by atoms with Gasteiger partial charge >= 0.3 is 5.97 Å². The number of anilines is 1. The summed E-state index contributed by atoms with van der Waals surface area (Å²) >= 11 is 0. The quantitative estimate of drug-likeness (QED) is 0.791. The van der Waals surface area contributed by atoms with Crippen LogP contribution in [0, 0.1) is 6.92 Å². The lowest BCUT2D eigenvalue weighted by atomic mass is 10.1. The maximum atomic E-state index is 11.8. The van der Waals surface area contributed by atoms with Crippen LogP contribution in [-0.4, -0.2) is 18.5 Å². The molecule has 0 unspecified atom stereocenters. The molecule has 5 nitrogen and oxygen atoms in total. The molecule has 1 aromatic heterocycles. The molecule has 1 heterocycles. The number of unbranched alkanes of at least 4 members (excludes halogenated alkanes) is 1. The van der Waals surface area contributed by atoms with Crippen LogP contribution < -0.4 is 5.32 Å². The number of carbonyl (C=O) groups excluding carboxylic acids is 2. The van der Waals surface area contributed by atoms with Gasteiger partial charge in [-0.25, -0.2) is 4.79 Å². The van der Waals surface area contributed by atoms with Crippen LogP contribution in [0.5, 0.6) is 0 Å². The van der Waals surface area contributed by atoms with Gasteiger partial charge in [0.15, 0.2) is 6.61 Å². The van der Waals surface area contributed by atoms with Gasteiger partial charge in [-0.15, -0.1) is 0 Å². The highest BCUT2D eigenvalue weighted by molar-refractivity contribution is 5.95. The zero-order valence-electron chi connectivity index (χ0n) is 13.4. The van der Waals surface area contributed by atoms with Crippen LogP contribution >= 0.6 is 0 Å². The fourth-order valence-corrected chi connectivity index (χ4v) is 2.14. The standard InChI is InChI=1S/C18H21NO4/c1-3-4-5-14-6-8-15(9-7-14)19-17(20)12-23-18(21)16-10-11-22-13(16)2/h6-11H,3-5,12H2,1-2H3,(H,19,20). The Morgan fingerprint density at radius 1 is 1.17 bits per heavy atom. The number of ether oxygens (including phenoxy) is 1. The lowest BCUT2D eigenvalue weighted by molar-refractivity contribution is -0.119. The number of hydrogen-bond acceptors (Lipinski definition) is 4. The van der Waals surface area contributed by atoms with Crippen molar-refractivity contribution in [2.75, 3.05) is 11.9 Å². The summed E-state index contributed by atoms with van der Waals surface area (Å²) in [6.45, 7) is 3.48. The molecule has 122 valence electrons. The molecule has 0 radical (unpaired) electrons. The van der Waals surface area contributed by atoms with Gasteiger partial charge in [-0.2, -0.15) is 0 Å². The number of benzene rings is 1. The number of rotatable bonds is 7. The zero-order valence-corrected chi connectivity index (χ0v) is 13.4. The van der Waals surface area contributed by atoms with E-state index < -0.39 is 5.97 Å². The number of hydrogen-bond donors (Lipinski definition) is 1. The first-order valence-electron chi connectivity index (χ1n) is 7.70. The minimum absolute atomic E-state index is 0.332. The van der Waals surface area contributed by atoms with Gasteiger partial charge < -0.3 is 14.5 Å². The highest BCUT2D eigenvalue weighted by Gasteiger charge is 2.14. The fraction of sp³-hybridized carbons (Fsp3) is 0.333. The molecule has 0 aliphatic rings. The monoisotopic (exact) mass is 315 g/mol. The van der Waals surface area contributed by atoms with Crippen molar-refractivity contribution in [1.29, 1.82) is 0 Å². The Balaban J connectivity index is 1.80. The molecular formula is C18H21NO4. The Hall–Kier alpha value is -2.56. The van der Waals surface area contributed by atoms with Crippen molar-refractivity contribution in [3.63, 3.8) is 0 Å². The molecule has 0 spiro atoms. The van der Waals surface area contributed by atoms with Crippen molar-refractivity contribution < 1.29 is 18.7 Å². The van der Waals surface area contributed by atoms with Gasteiger partial charge in [0, 0.05) is 5.69 Å². The van der Waals surface area contributed by atoms with E-state index in [0.717, 1.165) is 19.3 Å². The van der Waals surface area contributed by atoms with E-state index >= 15 is 0 Å². The summed E-state index contributed by atoms with van der Waals surface area (Å²) in [6.07, 6.45) is 4.74. The lowest BCUT2D eigenvalue weighted by Crippen LogP contribution is -2.21. The Labute approximate surface area is 135 Å². The van der Waals surface area contributed by atoms with Crippen molar-refractivity contribution in [3.8, 4) is 0 Å². The van der Waals surface area contributed by atoms with Crippen LogP contribution in [0.1, 0.15) is 41.4 Å². The molecule has 5 heteroatoms. The second-order valence-corrected chi connectivity index (χ2v) is 5.32. The van der Waals surface area contributed by atoms with E-state index in [0.29, 0.717) is 17.0 Å². The van der Waals surface area contributed by atoms with E-state index in [4.69, 9.17) is 9.15 Å². The number of furan rings is 1. The molecule has 0 bridgehead atoms. The molecular weight excluding hydrogens is 294 g/mol. The van der Waals surface area contributed by atoms with E-state index in [-0.39, 0.29) is 12.5 Å². The van der Waals surface area contributed by atoms with Crippen molar-refractivity contribution in [2.24, 2.45) is 0 Å². The van der Waals surface area contributed by atoms with Crippen molar-refractivity contribution in [3.05, 3.63) is 53.5 Å². The molecule has 1 amide bonds. The van der Waals surface area contributed by atoms with Crippen molar-refractivity contribution in [1.82, 2.24) is 0 Å². The molecule has 0 saturated carbocycles. The predicted molar refractivity (Wildman–Crippen MR) is 87.4 cm³/mol. The summed E-state index contributed by atoms with van der Waals surface area (Å²) in [5.41, 5.74) is 2.26. The molecule has 1 aromatic carbocycles. The van der Waals surface area contributed by atoms with E-state index in [1.165, 1.54) is 17.9 Å². The van der Waals surface area contributed by atoms with Crippen molar-refractivity contribution >= 4 is 17.6 Å². The molecule has 1 N–H and O–H groups in total. The summed E-state index contributed by atoms with van der Waals surface area (Å²) in [7, 11) is 0. The normalized spacial score (nSPS) is 10.3. The van der Waals surface area contributed by atoms with Gasteiger partial charge in [-0.1, -0.05) is 25.5 Å². The molecule has 0 fully saturated rings. The number of nitrogens with one attached hydrogen (secondary N) is 1. The Kier molecular flexibility index (Phi) is 5.97. The van der Waals surface area contributed by atoms with Crippen LogP contribution in [-0.2, 0) is 16.0 Å². The van der Waals surface area contributed by atoms with Gasteiger partial charge in [-0.3, -0.25) is 4.79 Å². The maximum Gasteiger partial charge on any atom is 0.342 e. The van der Waals surface area contributed by atoms with Gasteiger partial charge in [0.05, 0.1) is 6.26 Å². The Morgan fingerprint density at radius 3 is 2.52 bits per heavy atom. The third kappa shape index (κ3) is 4.98. The first-order chi connectivity index (χ1) is 11.1. The Morgan fingerprint density at radius 2 is 1.91 bits per heavy atom. The lowest BCUT2D eigenvalue weighted by Gasteiger charge is -2.07. The number of aryl methyl sites for hydroxylation is 2. The average Bonchev–Trinajstić information content (AvgIpc) is 2.98. The van der Waals surface area contributed by atoms with Crippen molar-refractivity contribution in [2.45, 2.75) is 33.1 Å². The van der Waals surface area contributed by atoms with Crippen LogP contribution in [0.3, 0.4) is 0 Å². The van der Waals surface area contributed by atoms with Gasteiger partial charge in [0.1, 0.15) is 11.3 Å². The van der Waals surface area contributed by atoms with Crippen LogP contribution in [0.25, 0.3) is 0 Å². The summed E-state index contributed by atoms with van der Waals surface area (Å²) in [5.74, 6) is -0.472. The second kappa shape index (κ2) is 8.17. The summed E-state index contributed by atoms with van der Waals surface area (Å²) in [6, 6.07) is 9.21. The molecule has 23 heavy (non-hydrogen) atoms. The molecule has 0 aliphatic heterocycles. The smallest absolute Gasteiger partial charge is 0.342 e. The molecule has 0 saturated heterocycles.